The maximum atomic E-state index is 12.5. The lowest BCUT2D eigenvalue weighted by Gasteiger charge is -2.11. The predicted octanol–water partition coefficient (Wildman–Crippen LogP) is 0.628. The first-order valence-electron chi connectivity index (χ1n) is 5.46. The van der Waals surface area contributed by atoms with E-state index in [1.54, 1.807) is 0 Å². The highest BCUT2D eigenvalue weighted by molar-refractivity contribution is 7.90. The normalized spacial score (nSPS) is 12.2. The minimum absolute atomic E-state index is 0.0702. The van der Waals surface area contributed by atoms with Crippen LogP contribution in [-0.2, 0) is 16.0 Å². The van der Waals surface area contributed by atoms with Gasteiger partial charge in [-0.25, -0.2) is 24.2 Å². The molecule has 11 heteroatoms. The monoisotopic (exact) mass is 313 g/mol. The number of hydrazine groups is 1. The van der Waals surface area contributed by atoms with Gasteiger partial charge in [-0.1, -0.05) is 0 Å². The Morgan fingerprint density at radius 2 is 1.90 bits per heavy atom. The largest absolute Gasteiger partial charge is 0.451 e. The number of sulfone groups is 1. The van der Waals surface area contributed by atoms with Crippen molar-refractivity contribution in [3.63, 3.8) is 0 Å². The van der Waals surface area contributed by atoms with Crippen LogP contribution in [0, 0.1) is 0 Å². The molecule has 4 N–H and O–H groups in total. The molecule has 0 radical (unpaired) electrons. The standard InChI is InChI=1S/C9H14F3N5O2S/c1-20(18,19)4-2-3-14-6-5-7(17-13)16-8(15-6)9(10,11)12/h5H,2-4,13H2,1H3,(H2,14,15,16,17). The third-order valence-corrected chi connectivity index (χ3v) is 3.16. The van der Waals surface area contributed by atoms with Crippen molar-refractivity contribution in [2.24, 2.45) is 5.84 Å². The van der Waals surface area contributed by atoms with Crippen molar-refractivity contribution in [3.05, 3.63) is 11.9 Å². The molecule has 0 unspecified atom stereocenters. The van der Waals surface area contributed by atoms with E-state index in [0.29, 0.717) is 0 Å². The average Bonchev–Trinajstić information content (AvgIpc) is 2.32. The van der Waals surface area contributed by atoms with Gasteiger partial charge >= 0.3 is 6.18 Å². The summed E-state index contributed by atoms with van der Waals surface area (Å²) in [6.07, 6.45) is -3.37. The fourth-order valence-corrected chi connectivity index (χ4v) is 1.96. The van der Waals surface area contributed by atoms with Crippen LogP contribution in [0.4, 0.5) is 24.8 Å². The molecule has 0 saturated carbocycles. The fraction of sp³-hybridized carbons (Fsp3) is 0.556. The summed E-state index contributed by atoms with van der Waals surface area (Å²) in [5.74, 6) is 3.34. The SMILES string of the molecule is CS(=O)(=O)CCCNc1cc(NN)nc(C(F)(F)F)n1. The van der Waals surface area contributed by atoms with Gasteiger partial charge in [-0.3, -0.25) is 0 Å². The summed E-state index contributed by atoms with van der Waals surface area (Å²) in [5.41, 5.74) is 2.01. The minimum Gasteiger partial charge on any atom is -0.370 e. The quantitative estimate of drug-likeness (QED) is 0.401. The van der Waals surface area contributed by atoms with Crippen molar-refractivity contribution >= 4 is 21.5 Å². The number of nitrogen functional groups attached to an aromatic ring is 1. The van der Waals surface area contributed by atoms with E-state index in [-0.39, 0.29) is 30.4 Å². The van der Waals surface area contributed by atoms with Crippen LogP contribution >= 0.6 is 0 Å². The zero-order valence-corrected chi connectivity index (χ0v) is 11.3. The Bertz CT molecular complexity index is 561. The summed E-state index contributed by atoms with van der Waals surface area (Å²) in [6.45, 7) is 0.158. The summed E-state index contributed by atoms with van der Waals surface area (Å²) >= 11 is 0. The van der Waals surface area contributed by atoms with Crippen molar-refractivity contribution in [1.29, 1.82) is 0 Å². The summed E-state index contributed by atoms with van der Waals surface area (Å²) in [4.78, 5) is 6.48. The van der Waals surface area contributed by atoms with Gasteiger partial charge in [0, 0.05) is 18.9 Å². The van der Waals surface area contributed by atoms with Crippen molar-refractivity contribution < 1.29 is 21.6 Å². The summed E-state index contributed by atoms with van der Waals surface area (Å²) in [5, 5.41) is 2.59. The molecule has 1 aromatic rings. The molecule has 0 aliphatic rings. The molecule has 0 spiro atoms. The fourth-order valence-electron chi connectivity index (χ4n) is 1.29. The van der Waals surface area contributed by atoms with Crippen LogP contribution in [0.25, 0.3) is 0 Å². The molecule has 0 aliphatic carbocycles. The minimum atomic E-state index is -4.70. The van der Waals surface area contributed by atoms with Gasteiger partial charge in [0.2, 0.25) is 5.82 Å². The Hall–Kier alpha value is -1.62. The maximum absolute atomic E-state index is 12.5. The number of halogens is 3. The first-order valence-corrected chi connectivity index (χ1v) is 7.52. The lowest BCUT2D eigenvalue weighted by Crippen LogP contribution is -2.18. The number of anilines is 2. The van der Waals surface area contributed by atoms with Gasteiger partial charge < -0.3 is 10.7 Å². The van der Waals surface area contributed by atoms with Gasteiger partial charge in [-0.2, -0.15) is 13.2 Å². The average molecular weight is 313 g/mol. The molecular formula is C9H14F3N5O2S. The highest BCUT2D eigenvalue weighted by atomic mass is 32.2. The molecule has 0 aromatic carbocycles. The van der Waals surface area contributed by atoms with E-state index in [2.05, 4.69) is 15.3 Å². The molecule has 7 nitrogen and oxygen atoms in total. The Balaban J connectivity index is 2.75. The molecule has 20 heavy (non-hydrogen) atoms. The number of aromatic nitrogens is 2. The highest BCUT2D eigenvalue weighted by Crippen LogP contribution is 2.28. The van der Waals surface area contributed by atoms with Crippen LogP contribution < -0.4 is 16.6 Å². The Morgan fingerprint density at radius 3 is 2.40 bits per heavy atom. The van der Waals surface area contributed by atoms with Crippen LogP contribution in [0.1, 0.15) is 12.2 Å². The summed E-state index contributed by atoms with van der Waals surface area (Å²) in [7, 11) is -3.11. The topological polar surface area (TPSA) is 110 Å². The molecule has 0 atom stereocenters. The van der Waals surface area contributed by atoms with E-state index in [4.69, 9.17) is 5.84 Å². The van der Waals surface area contributed by atoms with Gasteiger partial charge in [0.1, 0.15) is 21.5 Å². The first kappa shape index (κ1) is 16.4. The van der Waals surface area contributed by atoms with Gasteiger partial charge in [0.05, 0.1) is 5.75 Å². The van der Waals surface area contributed by atoms with Crippen LogP contribution in [0.3, 0.4) is 0 Å². The number of rotatable bonds is 6. The van der Waals surface area contributed by atoms with Crippen molar-refractivity contribution in [2.45, 2.75) is 12.6 Å². The van der Waals surface area contributed by atoms with Crippen LogP contribution in [0.2, 0.25) is 0 Å². The van der Waals surface area contributed by atoms with Crippen molar-refractivity contribution in [3.8, 4) is 0 Å². The van der Waals surface area contributed by atoms with E-state index in [9.17, 15) is 21.6 Å². The third-order valence-electron chi connectivity index (χ3n) is 2.13. The van der Waals surface area contributed by atoms with E-state index < -0.39 is 21.8 Å². The second kappa shape index (κ2) is 6.22. The third kappa shape index (κ3) is 5.57. The molecule has 114 valence electrons. The summed E-state index contributed by atoms with van der Waals surface area (Å²) in [6, 6.07) is 1.19. The number of nitrogens with zero attached hydrogens (tertiary/aromatic N) is 2. The maximum Gasteiger partial charge on any atom is 0.451 e. The Morgan fingerprint density at radius 1 is 1.30 bits per heavy atom. The van der Waals surface area contributed by atoms with E-state index in [0.717, 1.165) is 6.26 Å². The van der Waals surface area contributed by atoms with Crippen LogP contribution in [-0.4, -0.2) is 36.9 Å². The molecule has 0 fully saturated rings. The molecule has 1 heterocycles. The lowest BCUT2D eigenvalue weighted by molar-refractivity contribution is -0.144. The van der Waals surface area contributed by atoms with E-state index in [1.165, 1.54) is 6.07 Å². The summed E-state index contributed by atoms with van der Waals surface area (Å²) < 4.78 is 59.4. The molecule has 0 aliphatic heterocycles. The van der Waals surface area contributed by atoms with Crippen molar-refractivity contribution in [1.82, 2.24) is 9.97 Å². The van der Waals surface area contributed by atoms with E-state index in [1.807, 2.05) is 5.43 Å². The zero-order chi connectivity index (χ0) is 15.4. The zero-order valence-electron chi connectivity index (χ0n) is 10.5. The van der Waals surface area contributed by atoms with Crippen molar-refractivity contribution in [2.75, 3.05) is 29.3 Å². The number of alkyl halides is 3. The molecular weight excluding hydrogens is 299 g/mol. The van der Waals surface area contributed by atoms with Crippen LogP contribution in [0.15, 0.2) is 6.07 Å². The molecule has 0 saturated heterocycles. The number of nitrogens with one attached hydrogen (secondary N) is 2. The van der Waals surface area contributed by atoms with E-state index >= 15 is 0 Å². The Labute approximate surface area is 113 Å². The predicted molar refractivity (Wildman–Crippen MR) is 67.7 cm³/mol. The van der Waals surface area contributed by atoms with Crippen LogP contribution in [0.5, 0.6) is 0 Å². The molecule has 0 amide bonds. The molecule has 1 aromatic heterocycles. The van der Waals surface area contributed by atoms with Gasteiger partial charge in [-0.05, 0) is 6.42 Å². The number of hydrogen-bond acceptors (Lipinski definition) is 7. The van der Waals surface area contributed by atoms with Gasteiger partial charge in [0.25, 0.3) is 0 Å². The highest BCUT2D eigenvalue weighted by Gasteiger charge is 2.35. The lowest BCUT2D eigenvalue weighted by atomic mass is 10.4. The Kier molecular flexibility index (Phi) is 5.11. The number of nitrogens with two attached hydrogens (primary N) is 1. The first-order chi connectivity index (χ1) is 9.12. The second-order valence-corrected chi connectivity index (χ2v) is 6.27. The van der Waals surface area contributed by atoms with Gasteiger partial charge in [-0.15, -0.1) is 0 Å². The number of hydrogen-bond donors (Lipinski definition) is 3. The second-order valence-electron chi connectivity index (χ2n) is 4.01. The van der Waals surface area contributed by atoms with Gasteiger partial charge in [0.15, 0.2) is 0 Å². The molecule has 0 bridgehead atoms. The molecule has 1 rings (SSSR count). The smallest absolute Gasteiger partial charge is 0.370 e.